The Hall–Kier alpha value is -3.14. The van der Waals surface area contributed by atoms with E-state index in [4.69, 9.17) is 4.74 Å². The Labute approximate surface area is 207 Å². The number of nitrogens with zero attached hydrogens (tertiary/aromatic N) is 3. The van der Waals surface area contributed by atoms with Crippen LogP contribution in [0.25, 0.3) is 22.3 Å². The van der Waals surface area contributed by atoms with E-state index in [9.17, 15) is 18.0 Å². The molecule has 36 heavy (non-hydrogen) atoms. The number of hydrogen-bond acceptors (Lipinski definition) is 5. The van der Waals surface area contributed by atoms with E-state index in [0.29, 0.717) is 40.6 Å². The van der Waals surface area contributed by atoms with Gasteiger partial charge >= 0.3 is 6.18 Å². The van der Waals surface area contributed by atoms with Gasteiger partial charge in [-0.05, 0) is 63.3 Å². The molecule has 1 aromatic carbocycles. The first-order valence-corrected chi connectivity index (χ1v) is 12.5. The summed E-state index contributed by atoms with van der Waals surface area (Å²) in [4.78, 5) is 27.4. The molecule has 3 heterocycles. The molecule has 2 N–H and O–H groups in total. The maximum atomic E-state index is 13.6. The molecule has 2 aliphatic rings. The zero-order valence-electron chi connectivity index (χ0n) is 20.4. The Balaban J connectivity index is 1.50. The van der Waals surface area contributed by atoms with Crippen LogP contribution >= 0.6 is 0 Å². The minimum atomic E-state index is -4.51. The number of amides is 1. The van der Waals surface area contributed by atoms with Crippen LogP contribution in [0.15, 0.2) is 24.5 Å². The molecular weight excluding hydrogens is 471 g/mol. The number of rotatable bonds is 7. The molecule has 2 aromatic heterocycles. The SMILES string of the molecule is CCN1CCC(NC(=O)c2c(C)[nH]c3c(-c4cc(C(F)(F)F)ccc4OCC4CC4)ncnc23)CC1. The van der Waals surface area contributed by atoms with Crippen molar-refractivity contribution in [2.24, 2.45) is 5.92 Å². The molecule has 0 radical (unpaired) electrons. The van der Waals surface area contributed by atoms with E-state index < -0.39 is 11.7 Å². The number of hydrogen-bond donors (Lipinski definition) is 2. The molecule has 3 aromatic rings. The number of fused-ring (bicyclic) bond motifs is 1. The third-order valence-electron chi connectivity index (χ3n) is 7.10. The van der Waals surface area contributed by atoms with Crippen molar-refractivity contribution in [2.45, 2.75) is 51.7 Å². The summed E-state index contributed by atoms with van der Waals surface area (Å²) in [5.74, 6) is 0.515. The summed E-state index contributed by atoms with van der Waals surface area (Å²) in [6.07, 6.45) is 0.617. The maximum absolute atomic E-state index is 13.6. The molecule has 7 nitrogen and oxygen atoms in total. The Morgan fingerprint density at radius 1 is 1.19 bits per heavy atom. The Bertz CT molecular complexity index is 1260. The summed E-state index contributed by atoms with van der Waals surface area (Å²) in [5.41, 5.74) is 1.47. The van der Waals surface area contributed by atoms with Crippen molar-refractivity contribution >= 4 is 16.9 Å². The molecule has 0 unspecified atom stereocenters. The van der Waals surface area contributed by atoms with E-state index in [1.165, 1.54) is 12.4 Å². The van der Waals surface area contributed by atoms with Gasteiger partial charge in [-0.25, -0.2) is 9.97 Å². The van der Waals surface area contributed by atoms with Crippen LogP contribution in [0, 0.1) is 12.8 Å². The van der Waals surface area contributed by atoms with E-state index in [1.54, 1.807) is 6.92 Å². The lowest BCUT2D eigenvalue weighted by Gasteiger charge is -2.31. The molecule has 1 saturated heterocycles. The van der Waals surface area contributed by atoms with Gasteiger partial charge in [0.05, 0.1) is 23.3 Å². The number of ether oxygens (including phenoxy) is 1. The Morgan fingerprint density at radius 2 is 1.94 bits per heavy atom. The van der Waals surface area contributed by atoms with Gasteiger partial charge in [-0.15, -0.1) is 0 Å². The zero-order valence-corrected chi connectivity index (χ0v) is 20.4. The van der Waals surface area contributed by atoms with Gasteiger partial charge in [0.25, 0.3) is 5.91 Å². The number of H-pyrrole nitrogens is 1. The van der Waals surface area contributed by atoms with Crippen LogP contribution < -0.4 is 10.1 Å². The third kappa shape index (κ3) is 5.04. The number of halogens is 3. The summed E-state index contributed by atoms with van der Waals surface area (Å²) < 4.78 is 46.6. The predicted molar refractivity (Wildman–Crippen MR) is 130 cm³/mol. The number of piperidine rings is 1. The van der Waals surface area contributed by atoms with Crippen molar-refractivity contribution in [3.05, 3.63) is 41.3 Å². The van der Waals surface area contributed by atoms with Crippen molar-refractivity contribution in [3.8, 4) is 17.0 Å². The number of aromatic nitrogens is 3. The fourth-order valence-electron chi connectivity index (χ4n) is 4.76. The number of carbonyl (C=O) groups is 1. The fourth-order valence-corrected chi connectivity index (χ4v) is 4.76. The van der Waals surface area contributed by atoms with Crippen LogP contribution in [-0.4, -0.2) is 58.0 Å². The molecule has 0 atom stereocenters. The van der Waals surface area contributed by atoms with Gasteiger partial charge < -0.3 is 19.9 Å². The van der Waals surface area contributed by atoms with Crippen LogP contribution in [0.2, 0.25) is 0 Å². The van der Waals surface area contributed by atoms with Crippen LogP contribution in [0.4, 0.5) is 13.2 Å². The molecule has 1 amide bonds. The summed E-state index contributed by atoms with van der Waals surface area (Å²) in [6, 6.07) is 3.49. The quantitative estimate of drug-likeness (QED) is 0.479. The highest BCUT2D eigenvalue weighted by atomic mass is 19.4. The molecule has 1 saturated carbocycles. The van der Waals surface area contributed by atoms with E-state index in [2.05, 4.69) is 32.1 Å². The van der Waals surface area contributed by atoms with Crippen LogP contribution in [0.3, 0.4) is 0 Å². The second-order valence-corrected chi connectivity index (χ2v) is 9.72. The molecule has 5 rings (SSSR count). The highest BCUT2D eigenvalue weighted by Crippen LogP contribution is 2.40. The lowest BCUT2D eigenvalue weighted by atomic mass is 10.0. The predicted octanol–water partition coefficient (Wildman–Crippen LogP) is 4.96. The number of nitrogens with one attached hydrogen (secondary N) is 2. The van der Waals surface area contributed by atoms with E-state index in [0.717, 1.165) is 57.5 Å². The van der Waals surface area contributed by atoms with Gasteiger partial charge in [-0.1, -0.05) is 6.92 Å². The van der Waals surface area contributed by atoms with Crippen molar-refractivity contribution in [3.63, 3.8) is 0 Å². The molecule has 10 heteroatoms. The first kappa shape index (κ1) is 24.5. The first-order chi connectivity index (χ1) is 17.2. The van der Waals surface area contributed by atoms with Gasteiger partial charge in [-0.3, -0.25) is 4.79 Å². The molecule has 2 fully saturated rings. The van der Waals surface area contributed by atoms with Crippen molar-refractivity contribution in [2.75, 3.05) is 26.2 Å². The van der Waals surface area contributed by atoms with E-state index in [1.807, 2.05) is 0 Å². The molecular formula is C26H30F3N5O2. The first-order valence-electron chi connectivity index (χ1n) is 12.5. The molecule has 192 valence electrons. The summed E-state index contributed by atoms with van der Waals surface area (Å²) in [7, 11) is 0. The van der Waals surface area contributed by atoms with Crippen LogP contribution in [-0.2, 0) is 6.18 Å². The minimum Gasteiger partial charge on any atom is -0.493 e. The molecule has 0 bridgehead atoms. The average Bonchev–Trinajstić information content (AvgIpc) is 3.62. The number of alkyl halides is 3. The van der Waals surface area contributed by atoms with Crippen molar-refractivity contribution in [1.29, 1.82) is 0 Å². The van der Waals surface area contributed by atoms with Crippen molar-refractivity contribution < 1.29 is 22.7 Å². The van der Waals surface area contributed by atoms with Crippen LogP contribution in [0.1, 0.15) is 54.2 Å². The highest BCUT2D eigenvalue weighted by Gasteiger charge is 2.33. The number of aryl methyl sites for hydroxylation is 1. The monoisotopic (exact) mass is 501 g/mol. The second kappa shape index (κ2) is 9.72. The van der Waals surface area contributed by atoms with Gasteiger partial charge in [0, 0.05) is 30.4 Å². The number of carbonyl (C=O) groups excluding carboxylic acids is 1. The smallest absolute Gasteiger partial charge is 0.416 e. The van der Waals surface area contributed by atoms with E-state index in [-0.39, 0.29) is 23.2 Å². The summed E-state index contributed by atoms with van der Waals surface area (Å²) in [5, 5.41) is 3.12. The largest absolute Gasteiger partial charge is 0.493 e. The number of benzene rings is 1. The van der Waals surface area contributed by atoms with Gasteiger partial charge in [0.15, 0.2) is 0 Å². The lowest BCUT2D eigenvalue weighted by Crippen LogP contribution is -2.44. The second-order valence-electron chi connectivity index (χ2n) is 9.72. The van der Waals surface area contributed by atoms with Gasteiger partial charge in [-0.2, -0.15) is 13.2 Å². The van der Waals surface area contributed by atoms with Gasteiger partial charge in [0.2, 0.25) is 0 Å². The Kier molecular flexibility index (Phi) is 6.63. The van der Waals surface area contributed by atoms with Gasteiger partial charge in [0.1, 0.15) is 23.3 Å². The summed E-state index contributed by atoms with van der Waals surface area (Å²) in [6.45, 7) is 7.18. The lowest BCUT2D eigenvalue weighted by molar-refractivity contribution is -0.137. The normalized spacial score (nSPS) is 17.5. The Morgan fingerprint density at radius 3 is 2.61 bits per heavy atom. The number of likely N-dealkylation sites (tertiary alicyclic amines) is 1. The average molecular weight is 502 g/mol. The third-order valence-corrected chi connectivity index (χ3v) is 7.10. The summed E-state index contributed by atoms with van der Waals surface area (Å²) >= 11 is 0. The fraction of sp³-hybridized carbons (Fsp3) is 0.500. The number of aromatic amines is 1. The molecule has 1 aliphatic heterocycles. The topological polar surface area (TPSA) is 83.1 Å². The molecule has 0 spiro atoms. The standard InChI is InChI=1S/C26H30F3N5O2/c1-3-34-10-8-18(9-11-34)33-25(35)21-15(2)32-24-22(30-14-31-23(21)24)19-12-17(26(27,28)29)6-7-20(19)36-13-16-4-5-16/h6-7,12,14,16,18,32H,3-5,8-11,13H2,1-2H3,(H,33,35). The molecule has 1 aliphatic carbocycles. The van der Waals surface area contributed by atoms with E-state index >= 15 is 0 Å². The minimum absolute atomic E-state index is 0.0665. The van der Waals surface area contributed by atoms with Crippen LogP contribution in [0.5, 0.6) is 5.75 Å². The van der Waals surface area contributed by atoms with Crippen molar-refractivity contribution in [1.82, 2.24) is 25.2 Å². The maximum Gasteiger partial charge on any atom is 0.416 e. The zero-order chi connectivity index (χ0) is 25.4. The highest BCUT2D eigenvalue weighted by molar-refractivity contribution is 6.09.